The molecule has 2 N–H and O–H groups in total. The van der Waals surface area contributed by atoms with E-state index in [1.54, 1.807) is 12.1 Å². The summed E-state index contributed by atoms with van der Waals surface area (Å²) in [5, 5.41) is 0.799. The molecule has 90 valence electrons. The van der Waals surface area contributed by atoms with Crippen LogP contribution in [-0.4, -0.2) is 9.55 Å². The van der Waals surface area contributed by atoms with Crippen LogP contribution in [-0.2, 0) is 6.54 Å². The van der Waals surface area contributed by atoms with Crippen molar-refractivity contribution in [2.45, 2.75) is 25.4 Å². The van der Waals surface area contributed by atoms with Gasteiger partial charge in [-0.3, -0.25) is 0 Å². The molecule has 1 aliphatic rings. The number of imidazole rings is 1. The van der Waals surface area contributed by atoms with Crippen LogP contribution < -0.4 is 5.73 Å². The third kappa shape index (κ3) is 1.76. The zero-order chi connectivity index (χ0) is 12.0. The minimum absolute atomic E-state index is 0.0528. The van der Waals surface area contributed by atoms with Crippen molar-refractivity contribution in [2.24, 2.45) is 5.73 Å². The number of nitrogens with two attached hydrogens (primary N) is 1. The summed E-state index contributed by atoms with van der Waals surface area (Å²) in [5.41, 5.74) is 6.93. The molecule has 1 unspecified atom stereocenters. The van der Waals surface area contributed by atoms with Crippen LogP contribution in [0, 0.1) is 0 Å². The van der Waals surface area contributed by atoms with Gasteiger partial charge >= 0.3 is 0 Å². The van der Waals surface area contributed by atoms with Crippen molar-refractivity contribution in [1.82, 2.24) is 9.55 Å². The number of nitrogens with zero attached hydrogens (tertiary/aromatic N) is 2. The van der Waals surface area contributed by atoms with Crippen molar-refractivity contribution in [3.05, 3.63) is 28.2 Å². The molecule has 0 radical (unpaired) electrons. The van der Waals surface area contributed by atoms with Crippen LogP contribution in [0.5, 0.6) is 0 Å². The lowest BCUT2D eigenvalue weighted by Gasteiger charge is -2.21. The molecule has 0 amide bonds. The molecule has 0 fully saturated rings. The lowest BCUT2D eigenvalue weighted by molar-refractivity contribution is 0.461. The standard InChI is InChI=1S/C11H11Cl2N3O/c12-8-4-3-7(17-8)11-15-10(13)9-6(14)2-1-5-16(9)11/h3-4,6H,1-2,5,14H2. The van der Waals surface area contributed by atoms with Crippen molar-refractivity contribution in [3.63, 3.8) is 0 Å². The summed E-state index contributed by atoms with van der Waals surface area (Å²) < 4.78 is 7.39. The van der Waals surface area contributed by atoms with E-state index in [-0.39, 0.29) is 6.04 Å². The van der Waals surface area contributed by atoms with E-state index in [9.17, 15) is 0 Å². The van der Waals surface area contributed by atoms with Gasteiger partial charge in [-0.2, -0.15) is 0 Å². The van der Waals surface area contributed by atoms with E-state index in [2.05, 4.69) is 4.98 Å². The highest BCUT2D eigenvalue weighted by molar-refractivity contribution is 6.30. The van der Waals surface area contributed by atoms with Crippen LogP contribution in [0.2, 0.25) is 10.4 Å². The molecule has 2 aromatic rings. The third-order valence-corrected chi connectivity index (χ3v) is 3.48. The first-order valence-electron chi connectivity index (χ1n) is 5.44. The fourth-order valence-corrected chi connectivity index (χ4v) is 2.71. The highest BCUT2D eigenvalue weighted by atomic mass is 35.5. The number of furan rings is 1. The Bertz CT molecular complexity index is 561. The molecular formula is C11H11Cl2N3O. The highest BCUT2D eigenvalue weighted by Crippen LogP contribution is 2.35. The number of fused-ring (bicyclic) bond motifs is 1. The highest BCUT2D eigenvalue weighted by Gasteiger charge is 2.26. The molecule has 3 rings (SSSR count). The molecule has 2 aromatic heterocycles. The van der Waals surface area contributed by atoms with Crippen LogP contribution in [0.15, 0.2) is 16.5 Å². The summed E-state index contributed by atoms with van der Waals surface area (Å²) in [6, 6.07) is 3.42. The van der Waals surface area contributed by atoms with E-state index >= 15 is 0 Å². The topological polar surface area (TPSA) is 57.0 Å². The van der Waals surface area contributed by atoms with Gasteiger partial charge in [-0.05, 0) is 36.6 Å². The van der Waals surface area contributed by atoms with Gasteiger partial charge in [-0.1, -0.05) is 11.6 Å². The maximum atomic E-state index is 6.13. The van der Waals surface area contributed by atoms with Gasteiger partial charge in [0.15, 0.2) is 22.0 Å². The minimum atomic E-state index is -0.0528. The molecular weight excluding hydrogens is 261 g/mol. The molecule has 0 saturated heterocycles. The summed E-state index contributed by atoms with van der Waals surface area (Å²) in [6.45, 7) is 0.858. The number of hydrogen-bond donors (Lipinski definition) is 1. The normalized spacial score (nSPS) is 19.4. The Labute approximate surface area is 108 Å². The van der Waals surface area contributed by atoms with Crippen molar-refractivity contribution in [3.8, 4) is 11.6 Å². The second-order valence-electron chi connectivity index (χ2n) is 4.12. The molecule has 1 atom stereocenters. The van der Waals surface area contributed by atoms with E-state index in [0.717, 1.165) is 25.1 Å². The van der Waals surface area contributed by atoms with Gasteiger partial charge in [-0.15, -0.1) is 0 Å². The zero-order valence-corrected chi connectivity index (χ0v) is 10.5. The van der Waals surface area contributed by atoms with E-state index in [1.165, 1.54) is 0 Å². The van der Waals surface area contributed by atoms with Gasteiger partial charge in [0.1, 0.15) is 0 Å². The van der Waals surface area contributed by atoms with Gasteiger partial charge in [0, 0.05) is 12.6 Å². The molecule has 17 heavy (non-hydrogen) atoms. The van der Waals surface area contributed by atoms with Gasteiger partial charge in [0.2, 0.25) is 0 Å². The second-order valence-corrected chi connectivity index (χ2v) is 4.85. The third-order valence-electron chi connectivity index (χ3n) is 3.00. The molecule has 3 heterocycles. The van der Waals surface area contributed by atoms with Crippen LogP contribution in [0.3, 0.4) is 0 Å². The Balaban J connectivity index is 2.16. The van der Waals surface area contributed by atoms with E-state index in [4.69, 9.17) is 33.4 Å². The average molecular weight is 272 g/mol. The molecule has 6 heteroatoms. The summed E-state index contributed by atoms with van der Waals surface area (Å²) in [7, 11) is 0. The van der Waals surface area contributed by atoms with Crippen molar-refractivity contribution < 1.29 is 4.42 Å². The fraction of sp³-hybridized carbons (Fsp3) is 0.364. The minimum Gasteiger partial charge on any atom is -0.441 e. The number of hydrogen-bond acceptors (Lipinski definition) is 3. The molecule has 0 spiro atoms. The van der Waals surface area contributed by atoms with Crippen molar-refractivity contribution >= 4 is 23.2 Å². The zero-order valence-electron chi connectivity index (χ0n) is 8.99. The van der Waals surface area contributed by atoms with Crippen LogP contribution in [0.4, 0.5) is 0 Å². The molecule has 4 nitrogen and oxygen atoms in total. The largest absolute Gasteiger partial charge is 0.441 e. The van der Waals surface area contributed by atoms with Gasteiger partial charge in [-0.25, -0.2) is 4.98 Å². The molecule has 1 aliphatic heterocycles. The Kier molecular flexibility index (Phi) is 2.65. The smallest absolute Gasteiger partial charge is 0.194 e. The summed E-state index contributed by atoms with van der Waals surface area (Å²) >= 11 is 11.9. The van der Waals surface area contributed by atoms with Crippen LogP contribution in [0.1, 0.15) is 24.6 Å². The Morgan fingerprint density at radius 2 is 2.24 bits per heavy atom. The average Bonchev–Trinajstić information content (AvgIpc) is 2.84. The Morgan fingerprint density at radius 3 is 2.94 bits per heavy atom. The van der Waals surface area contributed by atoms with Gasteiger partial charge in [0.25, 0.3) is 0 Å². The monoisotopic (exact) mass is 271 g/mol. The second kappa shape index (κ2) is 4.05. The van der Waals surface area contributed by atoms with Crippen molar-refractivity contribution in [1.29, 1.82) is 0 Å². The predicted octanol–water partition coefficient (Wildman–Crippen LogP) is 3.24. The predicted molar refractivity (Wildman–Crippen MR) is 66.1 cm³/mol. The molecule has 0 aromatic carbocycles. The van der Waals surface area contributed by atoms with Gasteiger partial charge in [0.05, 0.1) is 5.69 Å². The van der Waals surface area contributed by atoms with E-state index in [1.807, 2.05) is 4.57 Å². The quantitative estimate of drug-likeness (QED) is 0.866. The van der Waals surface area contributed by atoms with E-state index < -0.39 is 0 Å². The number of halogens is 2. The molecule has 0 bridgehead atoms. The Morgan fingerprint density at radius 1 is 1.41 bits per heavy atom. The maximum Gasteiger partial charge on any atom is 0.194 e. The molecule has 0 aliphatic carbocycles. The lowest BCUT2D eigenvalue weighted by Crippen LogP contribution is -2.21. The first-order chi connectivity index (χ1) is 8.16. The van der Waals surface area contributed by atoms with E-state index in [0.29, 0.717) is 22.0 Å². The van der Waals surface area contributed by atoms with Gasteiger partial charge < -0.3 is 14.7 Å². The first-order valence-corrected chi connectivity index (χ1v) is 6.19. The van der Waals surface area contributed by atoms with Crippen LogP contribution >= 0.6 is 23.2 Å². The summed E-state index contributed by atoms with van der Waals surface area (Å²) in [4.78, 5) is 4.32. The van der Waals surface area contributed by atoms with Crippen LogP contribution in [0.25, 0.3) is 11.6 Å². The fourth-order valence-electron chi connectivity index (χ4n) is 2.24. The number of aromatic nitrogens is 2. The summed E-state index contributed by atoms with van der Waals surface area (Å²) in [6.07, 6.45) is 1.95. The van der Waals surface area contributed by atoms with Crippen molar-refractivity contribution in [2.75, 3.05) is 0 Å². The first kappa shape index (κ1) is 11.1. The SMILES string of the molecule is NC1CCCn2c(-c3ccc(Cl)o3)nc(Cl)c21. The number of rotatable bonds is 1. The lowest BCUT2D eigenvalue weighted by atomic mass is 10.1. The summed E-state index contributed by atoms with van der Waals surface area (Å²) in [5.74, 6) is 1.32. The maximum absolute atomic E-state index is 6.13. The Hall–Kier alpha value is -0.970. The molecule has 0 saturated carbocycles.